The fourth-order valence-electron chi connectivity index (χ4n) is 2.72. The van der Waals surface area contributed by atoms with Crippen molar-refractivity contribution < 1.29 is 17.6 Å². The molecule has 0 spiro atoms. The van der Waals surface area contributed by atoms with E-state index in [0.717, 1.165) is 12.3 Å². The van der Waals surface area contributed by atoms with E-state index in [0.29, 0.717) is 28.4 Å². The lowest BCUT2D eigenvalue weighted by molar-refractivity contribution is 0.0985. The Balaban J connectivity index is 2.11. The second kappa shape index (κ2) is 8.35. The number of fused-ring (bicyclic) bond motifs is 1. The highest BCUT2D eigenvalue weighted by atomic mass is 35.5. The topological polar surface area (TPSA) is 70.6 Å². The number of thiazole rings is 1. The van der Waals surface area contributed by atoms with Crippen LogP contribution >= 0.6 is 22.9 Å². The van der Waals surface area contributed by atoms with Crippen LogP contribution in [0.4, 0.5) is 9.52 Å². The number of carbonyl (C=O) groups excluding carboxylic acids is 1. The van der Waals surface area contributed by atoms with Gasteiger partial charge >= 0.3 is 0 Å². The average molecular weight is 456 g/mol. The van der Waals surface area contributed by atoms with Gasteiger partial charge in [-0.1, -0.05) is 29.0 Å². The molecule has 3 aromatic rings. The number of rotatable bonds is 6. The Morgan fingerprint density at radius 2 is 1.93 bits per heavy atom. The van der Waals surface area contributed by atoms with E-state index in [-0.39, 0.29) is 15.5 Å². The molecule has 10 heteroatoms. The third kappa shape index (κ3) is 4.75. The highest BCUT2D eigenvalue weighted by molar-refractivity contribution is 7.91. The first kappa shape index (κ1) is 21.6. The Morgan fingerprint density at radius 1 is 1.21 bits per heavy atom. The maximum Gasteiger partial charge on any atom is 0.261 e. The van der Waals surface area contributed by atoms with Crippen LogP contribution in [0.3, 0.4) is 0 Å². The zero-order valence-corrected chi connectivity index (χ0v) is 18.4. The fourth-order valence-corrected chi connectivity index (χ4v) is 4.88. The van der Waals surface area contributed by atoms with Crippen LogP contribution in [0.5, 0.6) is 0 Å². The third-order valence-electron chi connectivity index (χ3n) is 4.18. The molecule has 6 nitrogen and oxygen atoms in total. The number of para-hydroxylation sites is 1. The Morgan fingerprint density at radius 3 is 2.55 bits per heavy atom. The number of halogens is 2. The third-order valence-corrected chi connectivity index (χ3v) is 6.66. The molecule has 0 aliphatic carbocycles. The van der Waals surface area contributed by atoms with Crippen molar-refractivity contribution in [3.8, 4) is 0 Å². The molecular formula is C19H19ClFN3O3S2. The number of hydrogen-bond acceptors (Lipinski definition) is 6. The van der Waals surface area contributed by atoms with Crippen molar-refractivity contribution >= 4 is 54.0 Å². The number of carbonyl (C=O) groups is 1. The van der Waals surface area contributed by atoms with Crippen molar-refractivity contribution in [1.29, 1.82) is 0 Å². The zero-order chi connectivity index (χ0) is 21.3. The summed E-state index contributed by atoms with van der Waals surface area (Å²) in [6, 6.07) is 8.47. The molecule has 0 radical (unpaired) electrons. The van der Waals surface area contributed by atoms with E-state index in [1.54, 1.807) is 12.1 Å². The second-order valence-electron chi connectivity index (χ2n) is 6.76. The summed E-state index contributed by atoms with van der Waals surface area (Å²) in [7, 11) is 0.256. The Hall–Kier alpha value is -2.07. The zero-order valence-electron chi connectivity index (χ0n) is 16.0. The van der Waals surface area contributed by atoms with Gasteiger partial charge in [0, 0.05) is 19.3 Å². The van der Waals surface area contributed by atoms with E-state index >= 15 is 0 Å². The van der Waals surface area contributed by atoms with E-state index < -0.39 is 21.6 Å². The molecule has 0 saturated carbocycles. The quantitative estimate of drug-likeness (QED) is 0.566. The van der Waals surface area contributed by atoms with Crippen LogP contribution < -0.4 is 4.90 Å². The number of hydrogen-bond donors (Lipinski definition) is 0. The van der Waals surface area contributed by atoms with Gasteiger partial charge < -0.3 is 4.90 Å². The molecule has 0 aliphatic rings. The molecule has 29 heavy (non-hydrogen) atoms. The number of likely N-dealkylation sites (N-methyl/N-ethyl adjacent to an activating group) is 1. The smallest absolute Gasteiger partial charge is 0.261 e. The minimum absolute atomic E-state index is 0.00258. The van der Waals surface area contributed by atoms with Gasteiger partial charge in [-0.15, -0.1) is 0 Å². The van der Waals surface area contributed by atoms with Crippen molar-refractivity contribution in [3.63, 3.8) is 0 Å². The van der Waals surface area contributed by atoms with E-state index in [2.05, 4.69) is 4.98 Å². The van der Waals surface area contributed by atoms with Crippen molar-refractivity contribution in [2.75, 3.05) is 38.3 Å². The van der Waals surface area contributed by atoms with Crippen LogP contribution in [-0.4, -0.2) is 57.6 Å². The van der Waals surface area contributed by atoms with Crippen molar-refractivity contribution in [3.05, 3.63) is 52.8 Å². The molecule has 154 valence electrons. The van der Waals surface area contributed by atoms with Crippen LogP contribution in [0.15, 0.2) is 41.3 Å². The van der Waals surface area contributed by atoms with Gasteiger partial charge in [0.25, 0.3) is 5.91 Å². The Labute approximate surface area is 177 Å². The highest BCUT2D eigenvalue weighted by Gasteiger charge is 2.25. The summed E-state index contributed by atoms with van der Waals surface area (Å²) in [5.41, 5.74) is 0.470. The van der Waals surface area contributed by atoms with Gasteiger partial charge in [0.05, 0.1) is 20.2 Å². The summed E-state index contributed by atoms with van der Waals surface area (Å²) in [4.78, 5) is 21.1. The largest absolute Gasteiger partial charge is 0.308 e. The lowest BCUT2D eigenvalue weighted by Crippen LogP contribution is -2.36. The summed E-state index contributed by atoms with van der Waals surface area (Å²) in [5, 5.41) is 0.353. The summed E-state index contributed by atoms with van der Waals surface area (Å²) in [6.45, 7) is 0.840. The molecule has 3 rings (SSSR count). The molecule has 1 heterocycles. The fraction of sp³-hybridized carbons (Fsp3) is 0.263. The number of sulfone groups is 1. The van der Waals surface area contributed by atoms with E-state index in [1.165, 1.54) is 34.4 Å². The van der Waals surface area contributed by atoms with E-state index in [4.69, 9.17) is 11.6 Å². The normalized spacial score (nSPS) is 11.9. The maximum atomic E-state index is 13.4. The lowest BCUT2D eigenvalue weighted by atomic mass is 10.2. The van der Waals surface area contributed by atoms with Gasteiger partial charge in [-0.2, -0.15) is 0 Å². The molecule has 0 fully saturated rings. The van der Waals surface area contributed by atoms with Crippen molar-refractivity contribution in [1.82, 2.24) is 9.88 Å². The van der Waals surface area contributed by atoms with E-state index in [9.17, 15) is 17.6 Å². The molecule has 1 aromatic heterocycles. The Kier molecular flexibility index (Phi) is 6.23. The van der Waals surface area contributed by atoms with E-state index in [1.807, 2.05) is 19.0 Å². The minimum Gasteiger partial charge on any atom is -0.308 e. The molecule has 0 aliphatic heterocycles. The van der Waals surface area contributed by atoms with Gasteiger partial charge in [0.2, 0.25) is 0 Å². The molecular weight excluding hydrogens is 437 g/mol. The molecule has 0 atom stereocenters. The SMILES string of the molecule is CN(C)CCN(C(=O)c1ccc(F)cc1Cl)c1nc2c(S(C)(=O)=O)cccc2s1. The van der Waals surface area contributed by atoms with Crippen LogP contribution in [0, 0.1) is 5.82 Å². The van der Waals surface area contributed by atoms with Crippen LogP contribution in [0.2, 0.25) is 5.02 Å². The molecule has 0 bridgehead atoms. The van der Waals surface area contributed by atoms with Crippen molar-refractivity contribution in [2.24, 2.45) is 0 Å². The first-order chi connectivity index (χ1) is 13.6. The van der Waals surface area contributed by atoms with Gasteiger partial charge in [0.15, 0.2) is 15.0 Å². The Bertz CT molecular complexity index is 1180. The summed E-state index contributed by atoms with van der Waals surface area (Å²) >= 11 is 7.30. The summed E-state index contributed by atoms with van der Waals surface area (Å²) in [5.74, 6) is -0.971. The first-order valence-electron chi connectivity index (χ1n) is 8.59. The van der Waals surface area contributed by atoms with Gasteiger partial charge in [-0.05, 0) is 44.4 Å². The predicted octanol–water partition coefficient (Wildman–Crippen LogP) is 3.70. The first-order valence-corrected chi connectivity index (χ1v) is 11.7. The predicted molar refractivity (Wildman–Crippen MR) is 114 cm³/mol. The van der Waals surface area contributed by atoms with Gasteiger partial charge in [-0.25, -0.2) is 17.8 Å². The second-order valence-corrected chi connectivity index (χ2v) is 10.2. The standard InChI is InChI=1S/C19H19ClFN3O3S2/c1-23(2)9-10-24(18(25)13-8-7-12(21)11-14(13)20)19-22-17-15(28-19)5-4-6-16(17)29(3,26)27/h4-8,11H,9-10H2,1-3H3. The number of aromatic nitrogens is 1. The molecule has 0 unspecified atom stereocenters. The number of amides is 1. The van der Waals surface area contributed by atoms with Gasteiger partial charge in [-0.3, -0.25) is 9.69 Å². The van der Waals surface area contributed by atoms with Crippen LogP contribution in [0.1, 0.15) is 10.4 Å². The average Bonchev–Trinajstić information content (AvgIpc) is 3.04. The summed E-state index contributed by atoms with van der Waals surface area (Å²) < 4.78 is 38.2. The molecule has 0 saturated heterocycles. The van der Waals surface area contributed by atoms with Crippen LogP contribution in [-0.2, 0) is 9.84 Å². The van der Waals surface area contributed by atoms with Crippen molar-refractivity contribution in [2.45, 2.75) is 4.90 Å². The van der Waals surface area contributed by atoms with Gasteiger partial charge in [0.1, 0.15) is 11.3 Å². The van der Waals surface area contributed by atoms with Crippen LogP contribution in [0.25, 0.3) is 10.2 Å². The maximum absolute atomic E-state index is 13.4. The number of benzene rings is 2. The number of nitrogens with zero attached hydrogens (tertiary/aromatic N) is 3. The molecule has 2 aromatic carbocycles. The monoisotopic (exact) mass is 455 g/mol. The highest BCUT2D eigenvalue weighted by Crippen LogP contribution is 2.33. The molecule has 0 N–H and O–H groups in total. The lowest BCUT2D eigenvalue weighted by Gasteiger charge is -2.22. The number of anilines is 1. The molecule has 1 amide bonds. The minimum atomic E-state index is -3.48. The summed E-state index contributed by atoms with van der Waals surface area (Å²) in [6.07, 6.45) is 1.12.